The topological polar surface area (TPSA) is 12.0 Å². The Morgan fingerprint density at radius 2 is 2.08 bits per heavy atom. The summed E-state index contributed by atoms with van der Waals surface area (Å²) in [5.41, 5.74) is 0. The number of unbranched alkanes of at least 4 members (excludes halogenated alkanes) is 3. The van der Waals surface area contributed by atoms with E-state index in [9.17, 15) is 0 Å². The van der Waals surface area contributed by atoms with Gasteiger partial charge in [-0.05, 0) is 44.2 Å². The van der Waals surface area contributed by atoms with Gasteiger partial charge in [0.05, 0.1) is 0 Å². The molecular weight excluding hydrogens is 178 g/mol. The van der Waals surface area contributed by atoms with E-state index in [4.69, 9.17) is 0 Å². The van der Waals surface area contributed by atoms with Crippen LogP contribution in [0, 0.1) is 0 Å². The highest BCUT2D eigenvalue weighted by Crippen LogP contribution is 2.13. The Kier molecular flexibility index (Phi) is 6.73. The van der Waals surface area contributed by atoms with Crippen molar-refractivity contribution in [2.24, 2.45) is 0 Å². The molecule has 0 saturated carbocycles. The lowest BCUT2D eigenvalue weighted by atomic mass is 10.1. The summed E-state index contributed by atoms with van der Waals surface area (Å²) < 4.78 is 0. The Morgan fingerprint density at radius 1 is 1.23 bits per heavy atom. The van der Waals surface area contributed by atoms with Crippen molar-refractivity contribution < 1.29 is 0 Å². The molecule has 1 atom stereocenters. The first kappa shape index (κ1) is 11.4. The molecule has 1 fully saturated rings. The van der Waals surface area contributed by atoms with Gasteiger partial charge in [0.1, 0.15) is 0 Å². The molecule has 0 bridgehead atoms. The van der Waals surface area contributed by atoms with Crippen molar-refractivity contribution in [2.75, 3.05) is 18.6 Å². The van der Waals surface area contributed by atoms with Crippen LogP contribution < -0.4 is 5.32 Å². The third-order valence-electron chi connectivity index (χ3n) is 2.81. The van der Waals surface area contributed by atoms with E-state index in [0.29, 0.717) is 0 Å². The molecule has 13 heavy (non-hydrogen) atoms. The minimum absolute atomic E-state index is 0.862. The quantitative estimate of drug-likeness (QED) is 0.635. The fourth-order valence-corrected chi connectivity index (χ4v) is 2.49. The molecule has 1 unspecified atom stereocenters. The van der Waals surface area contributed by atoms with E-state index in [1.165, 1.54) is 57.2 Å². The van der Waals surface area contributed by atoms with Gasteiger partial charge >= 0.3 is 0 Å². The van der Waals surface area contributed by atoms with Crippen LogP contribution in [0.3, 0.4) is 0 Å². The van der Waals surface area contributed by atoms with Crippen LogP contribution in [0.1, 0.15) is 44.9 Å². The van der Waals surface area contributed by atoms with Crippen molar-refractivity contribution in [1.82, 2.24) is 5.32 Å². The molecule has 1 rings (SSSR count). The van der Waals surface area contributed by atoms with Crippen molar-refractivity contribution in [1.29, 1.82) is 0 Å². The number of hydrogen-bond donors (Lipinski definition) is 1. The third kappa shape index (κ3) is 5.58. The van der Waals surface area contributed by atoms with Gasteiger partial charge in [-0.25, -0.2) is 0 Å². The van der Waals surface area contributed by atoms with E-state index in [-0.39, 0.29) is 0 Å². The number of thioether (sulfide) groups is 1. The van der Waals surface area contributed by atoms with Gasteiger partial charge in [-0.2, -0.15) is 11.8 Å². The molecule has 0 aromatic heterocycles. The maximum absolute atomic E-state index is 3.55. The van der Waals surface area contributed by atoms with Gasteiger partial charge in [-0.15, -0.1) is 0 Å². The molecule has 0 aromatic rings. The van der Waals surface area contributed by atoms with E-state index in [2.05, 4.69) is 11.6 Å². The molecule has 0 aromatic carbocycles. The molecule has 78 valence electrons. The minimum atomic E-state index is 0.862. The van der Waals surface area contributed by atoms with E-state index in [1.807, 2.05) is 11.8 Å². The molecule has 0 radical (unpaired) electrons. The lowest BCUT2D eigenvalue weighted by molar-refractivity contribution is 0.513. The van der Waals surface area contributed by atoms with Gasteiger partial charge in [0.25, 0.3) is 0 Å². The fraction of sp³-hybridized carbons (Fsp3) is 1.00. The molecule has 1 saturated heterocycles. The molecule has 2 heteroatoms. The van der Waals surface area contributed by atoms with E-state index < -0.39 is 0 Å². The molecule has 1 aliphatic heterocycles. The molecule has 1 N–H and O–H groups in total. The van der Waals surface area contributed by atoms with Gasteiger partial charge in [-0.1, -0.05) is 19.3 Å². The van der Waals surface area contributed by atoms with Crippen LogP contribution in [0.2, 0.25) is 0 Å². The first-order valence-corrected chi connectivity index (χ1v) is 7.05. The Morgan fingerprint density at radius 3 is 2.77 bits per heavy atom. The smallest absolute Gasteiger partial charge is 0.00675 e. The average Bonchev–Trinajstić information content (AvgIpc) is 2.63. The summed E-state index contributed by atoms with van der Waals surface area (Å²) in [5, 5.41) is 3.55. The maximum atomic E-state index is 3.55. The molecule has 1 aliphatic rings. The summed E-state index contributed by atoms with van der Waals surface area (Å²) >= 11 is 1.97. The van der Waals surface area contributed by atoms with Crippen LogP contribution in [0.5, 0.6) is 0 Å². The highest BCUT2D eigenvalue weighted by Gasteiger charge is 2.12. The average molecular weight is 201 g/mol. The van der Waals surface area contributed by atoms with E-state index in [1.54, 1.807) is 0 Å². The summed E-state index contributed by atoms with van der Waals surface area (Å²) in [5.74, 6) is 1.35. The van der Waals surface area contributed by atoms with Crippen molar-refractivity contribution in [3.63, 3.8) is 0 Å². The highest BCUT2D eigenvalue weighted by molar-refractivity contribution is 7.98. The molecule has 1 heterocycles. The third-order valence-corrected chi connectivity index (χ3v) is 3.51. The molecule has 1 nitrogen and oxygen atoms in total. The summed E-state index contributed by atoms with van der Waals surface area (Å²) in [7, 11) is 0. The van der Waals surface area contributed by atoms with E-state index in [0.717, 1.165) is 6.04 Å². The second-order valence-corrected chi connectivity index (χ2v) is 4.97. The number of hydrogen-bond acceptors (Lipinski definition) is 2. The Labute approximate surface area is 87.1 Å². The predicted octanol–water partition coefficient (Wildman–Crippen LogP) is 3.05. The molecule has 0 amide bonds. The van der Waals surface area contributed by atoms with Gasteiger partial charge in [-0.3, -0.25) is 0 Å². The van der Waals surface area contributed by atoms with Crippen LogP contribution >= 0.6 is 11.8 Å². The zero-order chi connectivity index (χ0) is 9.36. The molecule has 0 aliphatic carbocycles. The lowest BCUT2D eigenvalue weighted by Gasteiger charge is -2.08. The maximum Gasteiger partial charge on any atom is 0.00675 e. The second-order valence-electron chi connectivity index (χ2n) is 3.99. The van der Waals surface area contributed by atoms with Crippen LogP contribution in [0.4, 0.5) is 0 Å². The summed E-state index contributed by atoms with van der Waals surface area (Å²) in [6.07, 6.45) is 12.2. The predicted molar refractivity (Wildman–Crippen MR) is 62.5 cm³/mol. The van der Waals surface area contributed by atoms with Crippen LogP contribution in [0.15, 0.2) is 0 Å². The Bertz CT molecular complexity index is 111. The zero-order valence-corrected chi connectivity index (χ0v) is 9.67. The Hall–Kier alpha value is 0.310. The van der Waals surface area contributed by atoms with Gasteiger partial charge in [0.15, 0.2) is 0 Å². The standard InChI is InChI=1S/C11H23NS/c1-13-10-5-3-2-4-7-11-8-6-9-12-11/h11-12H,2-10H2,1H3. The molecule has 0 spiro atoms. The summed E-state index contributed by atoms with van der Waals surface area (Å²) in [4.78, 5) is 0. The lowest BCUT2D eigenvalue weighted by Crippen LogP contribution is -2.20. The zero-order valence-electron chi connectivity index (χ0n) is 8.85. The minimum Gasteiger partial charge on any atom is -0.314 e. The van der Waals surface area contributed by atoms with Crippen molar-refractivity contribution in [3.05, 3.63) is 0 Å². The highest BCUT2D eigenvalue weighted by atomic mass is 32.2. The van der Waals surface area contributed by atoms with Crippen molar-refractivity contribution >= 4 is 11.8 Å². The second kappa shape index (κ2) is 7.69. The first-order valence-electron chi connectivity index (χ1n) is 5.66. The van der Waals surface area contributed by atoms with Gasteiger partial charge < -0.3 is 5.32 Å². The van der Waals surface area contributed by atoms with Crippen LogP contribution in [0.25, 0.3) is 0 Å². The summed E-state index contributed by atoms with van der Waals surface area (Å²) in [6.45, 7) is 1.26. The fourth-order valence-electron chi connectivity index (χ4n) is 1.99. The first-order chi connectivity index (χ1) is 6.43. The SMILES string of the molecule is CSCCCCCCC1CCCN1. The van der Waals surface area contributed by atoms with Gasteiger partial charge in [0.2, 0.25) is 0 Å². The van der Waals surface area contributed by atoms with Crippen LogP contribution in [-0.4, -0.2) is 24.6 Å². The van der Waals surface area contributed by atoms with Crippen molar-refractivity contribution in [3.8, 4) is 0 Å². The number of nitrogens with one attached hydrogen (secondary N) is 1. The summed E-state index contributed by atoms with van der Waals surface area (Å²) in [6, 6.07) is 0.862. The van der Waals surface area contributed by atoms with Gasteiger partial charge in [0, 0.05) is 6.04 Å². The normalized spacial score (nSPS) is 22.4. The largest absolute Gasteiger partial charge is 0.314 e. The van der Waals surface area contributed by atoms with Crippen LogP contribution in [-0.2, 0) is 0 Å². The Balaban J connectivity index is 1.78. The molecular formula is C11H23NS. The van der Waals surface area contributed by atoms with E-state index >= 15 is 0 Å². The monoisotopic (exact) mass is 201 g/mol. The number of rotatable bonds is 7. The van der Waals surface area contributed by atoms with Crippen molar-refractivity contribution in [2.45, 2.75) is 51.0 Å².